The molecule has 222 valence electrons. The Morgan fingerprint density at radius 2 is 1.60 bits per heavy atom. The van der Waals surface area contributed by atoms with E-state index < -0.39 is 35.9 Å². The van der Waals surface area contributed by atoms with Gasteiger partial charge in [-0.2, -0.15) is 13.2 Å². The zero-order valence-corrected chi connectivity index (χ0v) is 24.0. The molecular formula is C34H30F3NO5. The van der Waals surface area contributed by atoms with Gasteiger partial charge in [-0.1, -0.05) is 53.6 Å². The lowest BCUT2D eigenvalue weighted by Gasteiger charge is -2.24. The lowest BCUT2D eigenvalue weighted by molar-refractivity contribution is -0.137. The molecule has 43 heavy (non-hydrogen) atoms. The van der Waals surface area contributed by atoms with E-state index in [0.29, 0.717) is 16.9 Å². The van der Waals surface area contributed by atoms with Crippen LogP contribution >= 0.6 is 0 Å². The van der Waals surface area contributed by atoms with E-state index in [1.165, 1.54) is 4.90 Å². The number of carbonyl (C=O) groups excluding carboxylic acids is 1. The number of nitrogens with zero attached hydrogens (tertiary/aromatic N) is 1. The fraction of sp³-hybridized carbons (Fsp3) is 0.235. The Hall–Kier alpha value is -4.79. The topological polar surface area (TPSA) is 76.1 Å². The van der Waals surface area contributed by atoms with Gasteiger partial charge in [-0.15, -0.1) is 0 Å². The van der Waals surface area contributed by atoms with Gasteiger partial charge in [0.05, 0.1) is 30.8 Å². The lowest BCUT2D eigenvalue weighted by Crippen LogP contribution is -2.31. The van der Waals surface area contributed by atoms with Crippen LogP contribution in [0.1, 0.15) is 51.2 Å². The molecule has 1 heterocycles. The first-order valence-corrected chi connectivity index (χ1v) is 13.6. The Morgan fingerprint density at radius 3 is 2.26 bits per heavy atom. The van der Waals surface area contributed by atoms with Crippen molar-refractivity contribution in [3.8, 4) is 28.0 Å². The summed E-state index contributed by atoms with van der Waals surface area (Å²) in [6.07, 6.45) is -6.00. The van der Waals surface area contributed by atoms with Gasteiger partial charge in [-0.05, 0) is 85.0 Å². The van der Waals surface area contributed by atoms with Gasteiger partial charge in [0.2, 0.25) is 0 Å². The molecule has 0 aliphatic carbocycles. The Kier molecular flexibility index (Phi) is 7.92. The maximum absolute atomic E-state index is 13.5. The van der Waals surface area contributed by atoms with Gasteiger partial charge in [0, 0.05) is 5.56 Å². The smallest absolute Gasteiger partial charge is 0.416 e. The van der Waals surface area contributed by atoms with E-state index in [1.807, 2.05) is 43.3 Å². The number of carboxylic acid groups (broad SMARTS) is 1. The summed E-state index contributed by atoms with van der Waals surface area (Å²) >= 11 is 0. The van der Waals surface area contributed by atoms with E-state index in [4.69, 9.17) is 9.47 Å². The summed E-state index contributed by atoms with van der Waals surface area (Å²) in [6, 6.07) is 21.3. The minimum Gasteiger partial charge on any atom is -0.496 e. The molecule has 2 atom stereocenters. The number of cyclic esters (lactones) is 1. The van der Waals surface area contributed by atoms with Crippen LogP contribution in [0.25, 0.3) is 22.3 Å². The van der Waals surface area contributed by atoms with Crippen LogP contribution in [0.2, 0.25) is 0 Å². The number of amides is 1. The van der Waals surface area contributed by atoms with Gasteiger partial charge in [0.25, 0.3) is 0 Å². The average molecular weight is 590 g/mol. The van der Waals surface area contributed by atoms with Crippen molar-refractivity contribution >= 4 is 12.1 Å². The summed E-state index contributed by atoms with van der Waals surface area (Å²) in [7, 11) is 1.57. The van der Waals surface area contributed by atoms with Gasteiger partial charge in [0.15, 0.2) is 0 Å². The van der Waals surface area contributed by atoms with Crippen LogP contribution in [-0.4, -0.2) is 35.2 Å². The molecule has 4 aromatic rings. The first-order chi connectivity index (χ1) is 20.3. The molecular weight excluding hydrogens is 559 g/mol. The van der Waals surface area contributed by atoms with E-state index >= 15 is 0 Å². The summed E-state index contributed by atoms with van der Waals surface area (Å²) in [5, 5.41) is 9.25. The van der Waals surface area contributed by atoms with Crippen LogP contribution < -0.4 is 4.74 Å². The maximum Gasteiger partial charge on any atom is 0.416 e. The summed E-state index contributed by atoms with van der Waals surface area (Å²) in [5.74, 6) is -0.406. The second kappa shape index (κ2) is 11.5. The van der Waals surface area contributed by atoms with Crippen LogP contribution in [0.4, 0.5) is 18.0 Å². The van der Waals surface area contributed by atoms with Gasteiger partial charge < -0.3 is 14.6 Å². The first-order valence-electron chi connectivity index (χ1n) is 13.6. The Bertz CT molecular complexity index is 1700. The molecule has 1 saturated heterocycles. The average Bonchev–Trinajstić information content (AvgIpc) is 3.24. The van der Waals surface area contributed by atoms with Crippen LogP contribution in [-0.2, 0) is 17.5 Å². The van der Waals surface area contributed by atoms with E-state index in [-0.39, 0.29) is 12.1 Å². The molecule has 1 amide bonds. The molecule has 0 saturated carbocycles. The Labute approximate surface area is 247 Å². The van der Waals surface area contributed by atoms with Gasteiger partial charge in [-0.3, -0.25) is 4.90 Å². The molecule has 9 heteroatoms. The highest BCUT2D eigenvalue weighted by molar-refractivity contribution is 5.88. The summed E-state index contributed by atoms with van der Waals surface area (Å²) in [4.78, 5) is 25.9. The molecule has 4 aromatic carbocycles. The minimum absolute atomic E-state index is 0.159. The van der Waals surface area contributed by atoms with Crippen molar-refractivity contribution in [3.05, 3.63) is 112 Å². The predicted octanol–water partition coefficient (Wildman–Crippen LogP) is 8.45. The third-order valence-electron chi connectivity index (χ3n) is 7.70. The number of halogens is 3. The highest BCUT2D eigenvalue weighted by atomic mass is 19.4. The molecule has 1 aliphatic heterocycles. The number of aryl methyl sites for hydroxylation is 2. The molecule has 1 aliphatic rings. The molecule has 0 unspecified atom stereocenters. The number of carbonyl (C=O) groups is 2. The van der Waals surface area contributed by atoms with Crippen molar-refractivity contribution in [2.45, 2.75) is 45.6 Å². The number of hydrogen-bond donors (Lipinski definition) is 1. The zero-order valence-electron chi connectivity index (χ0n) is 24.0. The van der Waals surface area contributed by atoms with E-state index in [1.54, 1.807) is 51.3 Å². The normalized spacial score (nSPS) is 16.7. The molecule has 0 aromatic heterocycles. The van der Waals surface area contributed by atoms with E-state index in [9.17, 15) is 27.9 Å². The zero-order chi connectivity index (χ0) is 31.1. The minimum atomic E-state index is -4.52. The highest BCUT2D eigenvalue weighted by Crippen LogP contribution is 2.40. The van der Waals surface area contributed by atoms with Crippen molar-refractivity contribution in [1.82, 2.24) is 4.90 Å². The van der Waals surface area contributed by atoms with Crippen molar-refractivity contribution in [2.24, 2.45) is 0 Å². The standard InChI is InChI=1S/C34H30F3NO5/c1-19-5-11-28(29-17-24(10-12-30(29)42-4)22-6-8-23(9-7-22)32(39)40)26(13-19)18-38-21(3)31(43-33(38)41)25-14-20(2)15-27(16-25)34(35,36)37/h5-17,21,31H,18H2,1-4H3,(H,39,40)/t21-,31-/m0/s1. The third-order valence-corrected chi connectivity index (χ3v) is 7.70. The number of methoxy groups -OCH3 is 1. The number of benzene rings is 4. The van der Waals surface area contributed by atoms with E-state index in [0.717, 1.165) is 45.5 Å². The molecule has 1 N–H and O–H groups in total. The fourth-order valence-electron chi connectivity index (χ4n) is 5.50. The van der Waals surface area contributed by atoms with E-state index in [2.05, 4.69) is 0 Å². The monoisotopic (exact) mass is 589 g/mol. The maximum atomic E-state index is 13.5. The summed E-state index contributed by atoms with van der Waals surface area (Å²) in [6.45, 7) is 5.44. The molecule has 0 bridgehead atoms. The van der Waals surface area contributed by atoms with Crippen molar-refractivity contribution in [2.75, 3.05) is 7.11 Å². The van der Waals surface area contributed by atoms with Crippen molar-refractivity contribution in [3.63, 3.8) is 0 Å². The quantitative estimate of drug-likeness (QED) is 0.234. The molecule has 0 radical (unpaired) electrons. The Morgan fingerprint density at radius 1 is 0.907 bits per heavy atom. The molecule has 0 spiro atoms. The van der Waals surface area contributed by atoms with Gasteiger partial charge in [0.1, 0.15) is 11.9 Å². The van der Waals surface area contributed by atoms with Gasteiger partial charge in [-0.25, -0.2) is 9.59 Å². The van der Waals surface area contributed by atoms with Gasteiger partial charge >= 0.3 is 18.2 Å². The second-order valence-electron chi connectivity index (χ2n) is 10.8. The number of alkyl halides is 3. The number of aromatic carboxylic acids is 1. The number of ether oxygens (including phenoxy) is 2. The predicted molar refractivity (Wildman–Crippen MR) is 156 cm³/mol. The number of carboxylic acids is 1. The van der Waals surface area contributed by atoms with Crippen LogP contribution in [0, 0.1) is 13.8 Å². The number of rotatable bonds is 7. The van der Waals surface area contributed by atoms with Crippen LogP contribution in [0.3, 0.4) is 0 Å². The fourth-order valence-corrected chi connectivity index (χ4v) is 5.50. The number of hydrogen-bond acceptors (Lipinski definition) is 4. The largest absolute Gasteiger partial charge is 0.496 e. The molecule has 5 rings (SSSR count). The Balaban J connectivity index is 1.50. The summed E-state index contributed by atoms with van der Waals surface area (Å²) in [5.41, 5.74) is 5.13. The SMILES string of the molecule is COc1ccc(-c2ccc(C(=O)O)cc2)cc1-c1ccc(C)cc1CN1C(=O)O[C@H](c2cc(C)cc(C(F)(F)F)c2)[C@@H]1C. The molecule has 1 fully saturated rings. The third kappa shape index (κ3) is 6.07. The highest BCUT2D eigenvalue weighted by Gasteiger charge is 2.41. The van der Waals surface area contributed by atoms with Crippen LogP contribution in [0.5, 0.6) is 5.75 Å². The summed E-state index contributed by atoms with van der Waals surface area (Å²) < 4.78 is 51.9. The lowest BCUT2D eigenvalue weighted by atomic mass is 9.93. The molecule has 6 nitrogen and oxygen atoms in total. The van der Waals surface area contributed by atoms with Crippen molar-refractivity contribution in [1.29, 1.82) is 0 Å². The van der Waals surface area contributed by atoms with Crippen molar-refractivity contribution < 1.29 is 37.3 Å². The second-order valence-corrected chi connectivity index (χ2v) is 10.8. The first kappa shape index (κ1) is 29.7. The van der Waals surface area contributed by atoms with Crippen LogP contribution in [0.15, 0.2) is 78.9 Å².